The lowest BCUT2D eigenvalue weighted by Gasteiger charge is -2.32. The molecule has 36 heavy (non-hydrogen) atoms. The van der Waals surface area contributed by atoms with Gasteiger partial charge in [0.25, 0.3) is 0 Å². The number of ether oxygens (including phenoxy) is 2. The molecule has 0 unspecified atom stereocenters. The van der Waals surface area contributed by atoms with Gasteiger partial charge in [0.2, 0.25) is 17.7 Å². The highest BCUT2D eigenvalue weighted by atomic mass is 32.3. The Morgan fingerprint density at radius 2 is 1.64 bits per heavy atom. The summed E-state index contributed by atoms with van der Waals surface area (Å²) in [5.41, 5.74) is 1.75. The van der Waals surface area contributed by atoms with E-state index in [1.54, 1.807) is 12.4 Å². The normalized spacial score (nSPS) is 18.6. The molecule has 2 aliphatic heterocycles. The van der Waals surface area contributed by atoms with Crippen LogP contribution in [0.2, 0.25) is 0 Å². The summed E-state index contributed by atoms with van der Waals surface area (Å²) >= 11 is 0. The van der Waals surface area contributed by atoms with E-state index in [4.69, 9.17) is 17.8 Å². The summed E-state index contributed by atoms with van der Waals surface area (Å²) in [5.74, 6) is 2.28. The lowest BCUT2D eigenvalue weighted by atomic mass is 10.0. The third-order valence-electron chi connectivity index (χ3n) is 6.11. The van der Waals surface area contributed by atoms with Crippen LogP contribution >= 0.6 is 0 Å². The van der Waals surface area contributed by atoms with Crippen LogP contribution in [0.5, 0.6) is 17.5 Å². The molecule has 0 N–H and O–H groups in total. The average Bonchev–Trinajstić information content (AvgIpc) is 2.90. The van der Waals surface area contributed by atoms with Gasteiger partial charge in [0.1, 0.15) is 18.2 Å². The molecular formula is C24H27N5O6S. The zero-order valence-electron chi connectivity index (χ0n) is 19.8. The first-order chi connectivity index (χ1) is 17.4. The van der Waals surface area contributed by atoms with Gasteiger partial charge in [-0.2, -0.15) is 8.42 Å². The van der Waals surface area contributed by atoms with Gasteiger partial charge in [-0.05, 0) is 37.1 Å². The van der Waals surface area contributed by atoms with Gasteiger partial charge in [-0.3, -0.25) is 0 Å². The summed E-state index contributed by atoms with van der Waals surface area (Å²) in [7, 11) is -3.83. The van der Waals surface area contributed by atoms with E-state index in [1.807, 2.05) is 37.3 Å². The van der Waals surface area contributed by atoms with Gasteiger partial charge in [0, 0.05) is 44.2 Å². The van der Waals surface area contributed by atoms with Crippen LogP contribution in [0.25, 0.3) is 0 Å². The predicted molar refractivity (Wildman–Crippen MR) is 129 cm³/mol. The highest BCUT2D eigenvalue weighted by Gasteiger charge is 2.26. The summed E-state index contributed by atoms with van der Waals surface area (Å²) < 4.78 is 44.1. The van der Waals surface area contributed by atoms with Gasteiger partial charge < -0.3 is 14.4 Å². The predicted octanol–water partition coefficient (Wildman–Crippen LogP) is 2.87. The van der Waals surface area contributed by atoms with Crippen molar-refractivity contribution in [2.45, 2.75) is 32.3 Å². The van der Waals surface area contributed by atoms with Crippen molar-refractivity contribution in [2.24, 2.45) is 5.92 Å². The van der Waals surface area contributed by atoms with Crippen LogP contribution in [0.4, 0.5) is 5.95 Å². The molecule has 12 heteroatoms. The molecule has 2 aromatic heterocycles. The molecule has 2 fully saturated rings. The minimum absolute atomic E-state index is 0.0313. The largest absolute Gasteiger partial charge is 0.474 e. The van der Waals surface area contributed by atoms with E-state index in [0.29, 0.717) is 23.9 Å². The van der Waals surface area contributed by atoms with E-state index >= 15 is 0 Å². The van der Waals surface area contributed by atoms with Gasteiger partial charge in [-0.1, -0.05) is 12.1 Å². The fraction of sp³-hybridized carbons (Fsp3) is 0.417. The first-order valence-electron chi connectivity index (χ1n) is 11.8. The Morgan fingerprint density at radius 1 is 0.972 bits per heavy atom. The number of rotatable bonds is 7. The van der Waals surface area contributed by atoms with E-state index in [-0.39, 0.29) is 25.2 Å². The first-order valence-corrected chi connectivity index (χ1v) is 13.1. The van der Waals surface area contributed by atoms with Crippen molar-refractivity contribution in [3.05, 3.63) is 60.2 Å². The van der Waals surface area contributed by atoms with E-state index in [1.165, 1.54) is 6.33 Å². The fourth-order valence-corrected chi connectivity index (χ4v) is 4.91. The van der Waals surface area contributed by atoms with Gasteiger partial charge in [0.15, 0.2) is 0 Å². The zero-order valence-corrected chi connectivity index (χ0v) is 20.6. The molecule has 11 nitrogen and oxygen atoms in total. The molecular weight excluding hydrogens is 486 g/mol. The summed E-state index contributed by atoms with van der Waals surface area (Å²) in [6.07, 6.45) is 7.28. The molecule has 0 atom stereocenters. The zero-order chi connectivity index (χ0) is 25.0. The third kappa shape index (κ3) is 6.07. The Hall–Kier alpha value is -3.35. The molecule has 0 saturated carbocycles. The molecule has 0 amide bonds. The Balaban J connectivity index is 1.16. The first kappa shape index (κ1) is 24.3. The molecule has 0 bridgehead atoms. The van der Waals surface area contributed by atoms with Crippen molar-refractivity contribution in [3.63, 3.8) is 0 Å². The maximum Gasteiger partial charge on any atom is 0.399 e. The smallest absolute Gasteiger partial charge is 0.399 e. The van der Waals surface area contributed by atoms with Crippen molar-refractivity contribution in [3.8, 4) is 17.5 Å². The number of piperidine rings is 1. The van der Waals surface area contributed by atoms with E-state index < -0.39 is 10.4 Å². The van der Waals surface area contributed by atoms with Crippen molar-refractivity contribution in [1.82, 2.24) is 19.9 Å². The summed E-state index contributed by atoms with van der Waals surface area (Å²) in [4.78, 5) is 19.4. The van der Waals surface area contributed by atoms with Gasteiger partial charge >= 0.3 is 10.4 Å². The minimum atomic E-state index is -3.83. The maximum atomic E-state index is 11.2. The van der Waals surface area contributed by atoms with Crippen LogP contribution in [0.1, 0.15) is 24.0 Å². The Morgan fingerprint density at radius 3 is 2.33 bits per heavy atom. The van der Waals surface area contributed by atoms with Crippen molar-refractivity contribution in [1.29, 1.82) is 0 Å². The van der Waals surface area contributed by atoms with Crippen LogP contribution in [0, 0.1) is 12.8 Å². The topological polar surface area (TPSA) is 126 Å². The van der Waals surface area contributed by atoms with Gasteiger partial charge in [-0.25, -0.2) is 28.3 Å². The Kier molecular flexibility index (Phi) is 7.25. The van der Waals surface area contributed by atoms with Crippen LogP contribution < -0.4 is 14.4 Å². The molecule has 2 aliphatic rings. The van der Waals surface area contributed by atoms with Crippen LogP contribution in [-0.4, -0.2) is 60.8 Å². The standard InChI is InChI=1S/C24H27N5O6S/c1-17-22(34-20-5-3-18(4-6-20)13-19-14-32-36(30,31)33-15-19)27-16-28-23(17)35-21-7-11-29(12-8-21)24-25-9-2-10-26-24/h2-6,9-10,16,19,21H,7-8,11-15H2,1H3. The molecule has 5 rings (SSSR count). The average molecular weight is 514 g/mol. The highest BCUT2D eigenvalue weighted by Crippen LogP contribution is 2.30. The monoisotopic (exact) mass is 513 g/mol. The van der Waals surface area contributed by atoms with E-state index in [9.17, 15) is 8.42 Å². The molecule has 0 radical (unpaired) electrons. The molecule has 2 saturated heterocycles. The third-order valence-corrected chi connectivity index (χ3v) is 6.95. The molecule has 1 aromatic carbocycles. The van der Waals surface area contributed by atoms with Gasteiger partial charge in [0.05, 0.1) is 18.8 Å². The van der Waals surface area contributed by atoms with Crippen molar-refractivity contribution >= 4 is 16.3 Å². The van der Waals surface area contributed by atoms with Crippen LogP contribution in [-0.2, 0) is 25.2 Å². The SMILES string of the molecule is Cc1c(Oc2ccc(CC3COS(=O)(=O)OC3)cc2)ncnc1OC1CCN(c2ncccn2)CC1. The van der Waals surface area contributed by atoms with Gasteiger partial charge in [-0.15, -0.1) is 0 Å². The Labute approximate surface area is 209 Å². The second kappa shape index (κ2) is 10.7. The Bertz CT molecular complexity index is 1250. The quantitative estimate of drug-likeness (QED) is 0.463. The number of anilines is 1. The second-order valence-electron chi connectivity index (χ2n) is 8.76. The fourth-order valence-electron chi connectivity index (χ4n) is 4.12. The summed E-state index contributed by atoms with van der Waals surface area (Å²) in [6.45, 7) is 3.72. The maximum absolute atomic E-state index is 11.2. The van der Waals surface area contributed by atoms with Crippen LogP contribution in [0.15, 0.2) is 49.1 Å². The van der Waals surface area contributed by atoms with E-state index in [0.717, 1.165) is 43.0 Å². The highest BCUT2D eigenvalue weighted by molar-refractivity contribution is 7.81. The number of hydrogen-bond acceptors (Lipinski definition) is 11. The molecule has 4 heterocycles. The summed E-state index contributed by atoms with van der Waals surface area (Å²) in [6, 6.07) is 9.36. The summed E-state index contributed by atoms with van der Waals surface area (Å²) in [5, 5.41) is 0. The van der Waals surface area contributed by atoms with Crippen molar-refractivity contribution in [2.75, 3.05) is 31.2 Å². The molecule has 190 valence electrons. The molecule has 0 spiro atoms. The lowest BCUT2D eigenvalue weighted by molar-refractivity contribution is 0.103. The van der Waals surface area contributed by atoms with Crippen molar-refractivity contribution < 1.29 is 26.3 Å². The number of aromatic nitrogens is 4. The number of benzene rings is 1. The molecule has 3 aromatic rings. The van der Waals surface area contributed by atoms with E-state index in [2.05, 4.69) is 24.8 Å². The lowest BCUT2D eigenvalue weighted by Crippen LogP contribution is -2.39. The number of nitrogens with zero attached hydrogens (tertiary/aromatic N) is 5. The number of hydrogen-bond donors (Lipinski definition) is 0. The second-order valence-corrected chi connectivity index (χ2v) is 10.0. The van der Waals surface area contributed by atoms with Crippen LogP contribution in [0.3, 0.4) is 0 Å². The minimum Gasteiger partial charge on any atom is -0.474 e. The molecule has 0 aliphatic carbocycles.